The van der Waals surface area contributed by atoms with Crippen LogP contribution in [0.25, 0.3) is 17.1 Å². The highest BCUT2D eigenvalue weighted by Crippen LogP contribution is 2.32. The van der Waals surface area contributed by atoms with Gasteiger partial charge < -0.3 is 10.1 Å². The summed E-state index contributed by atoms with van der Waals surface area (Å²) in [7, 11) is 1.62. The van der Waals surface area contributed by atoms with Crippen LogP contribution in [0.15, 0.2) is 53.7 Å². The molecule has 32 heavy (non-hydrogen) atoms. The standard InChI is InChI=1S/C23H27N5O3S/c1-5-24-22(30)25-20(29)14-32-23-27-26-21(16-10-12-17(31-4)13-11-16)28(23)19-9-7-6-8-18(19)15(2)3/h6-13,15H,5,14H2,1-4H3,(H2,24,25,29,30). The van der Waals surface area contributed by atoms with E-state index >= 15 is 0 Å². The third-order valence-corrected chi connectivity index (χ3v) is 5.63. The van der Waals surface area contributed by atoms with Crippen molar-refractivity contribution in [3.63, 3.8) is 0 Å². The van der Waals surface area contributed by atoms with Gasteiger partial charge in [0.05, 0.1) is 18.6 Å². The molecule has 0 atom stereocenters. The fourth-order valence-electron chi connectivity index (χ4n) is 3.18. The number of rotatable bonds is 8. The summed E-state index contributed by atoms with van der Waals surface area (Å²) in [6.45, 7) is 6.48. The third-order valence-electron chi connectivity index (χ3n) is 4.70. The van der Waals surface area contributed by atoms with Crippen molar-refractivity contribution < 1.29 is 14.3 Å². The Balaban J connectivity index is 1.98. The number of nitrogens with zero attached hydrogens (tertiary/aromatic N) is 3. The number of aromatic nitrogens is 3. The topological polar surface area (TPSA) is 98.1 Å². The minimum atomic E-state index is -0.511. The molecule has 0 aliphatic carbocycles. The molecule has 1 heterocycles. The average molecular weight is 454 g/mol. The van der Waals surface area contributed by atoms with Gasteiger partial charge in [0.15, 0.2) is 11.0 Å². The lowest BCUT2D eigenvalue weighted by Crippen LogP contribution is -2.40. The predicted molar refractivity (Wildman–Crippen MR) is 125 cm³/mol. The van der Waals surface area contributed by atoms with Gasteiger partial charge in [-0.3, -0.25) is 14.7 Å². The summed E-state index contributed by atoms with van der Waals surface area (Å²) in [5, 5.41) is 14.2. The number of carbonyl (C=O) groups is 2. The van der Waals surface area contributed by atoms with Crippen LogP contribution in [0.4, 0.5) is 4.79 Å². The van der Waals surface area contributed by atoms with E-state index in [0.717, 1.165) is 22.6 Å². The second kappa shape index (κ2) is 10.8. The predicted octanol–water partition coefficient (Wildman–Crippen LogP) is 4.00. The van der Waals surface area contributed by atoms with Crippen LogP contribution in [0.3, 0.4) is 0 Å². The van der Waals surface area contributed by atoms with E-state index in [1.165, 1.54) is 11.8 Å². The summed E-state index contributed by atoms with van der Waals surface area (Å²) in [5.74, 6) is 1.31. The molecular weight excluding hydrogens is 426 g/mol. The zero-order valence-corrected chi connectivity index (χ0v) is 19.4. The molecule has 3 amide bonds. The summed E-state index contributed by atoms with van der Waals surface area (Å²) in [6.07, 6.45) is 0. The Morgan fingerprint density at radius 1 is 1.09 bits per heavy atom. The number of ether oxygens (including phenoxy) is 1. The Morgan fingerprint density at radius 3 is 2.47 bits per heavy atom. The molecule has 9 heteroatoms. The molecule has 168 valence electrons. The van der Waals surface area contributed by atoms with Crippen LogP contribution in [-0.2, 0) is 4.79 Å². The average Bonchev–Trinajstić information content (AvgIpc) is 3.21. The van der Waals surface area contributed by atoms with Crippen LogP contribution in [0, 0.1) is 0 Å². The molecule has 0 aliphatic rings. The summed E-state index contributed by atoms with van der Waals surface area (Å²) in [4.78, 5) is 23.8. The molecule has 0 saturated carbocycles. The van der Waals surface area contributed by atoms with E-state index in [0.29, 0.717) is 17.5 Å². The van der Waals surface area contributed by atoms with Gasteiger partial charge >= 0.3 is 6.03 Å². The number of carbonyl (C=O) groups excluding carboxylic acids is 2. The quantitative estimate of drug-likeness (QED) is 0.500. The van der Waals surface area contributed by atoms with Gasteiger partial charge in [-0.05, 0) is 48.7 Å². The Hall–Kier alpha value is -3.33. The lowest BCUT2D eigenvalue weighted by atomic mass is 10.0. The number of hydrogen-bond acceptors (Lipinski definition) is 6. The zero-order chi connectivity index (χ0) is 23.1. The molecule has 2 N–H and O–H groups in total. The monoisotopic (exact) mass is 453 g/mol. The molecule has 0 saturated heterocycles. The molecule has 0 spiro atoms. The summed E-state index contributed by atoms with van der Waals surface area (Å²) in [6, 6.07) is 15.1. The van der Waals surface area contributed by atoms with Crippen LogP contribution >= 0.6 is 11.8 Å². The number of hydrogen-bond donors (Lipinski definition) is 2. The van der Waals surface area contributed by atoms with Gasteiger partial charge in [0, 0.05) is 12.1 Å². The van der Waals surface area contributed by atoms with Crippen molar-refractivity contribution >= 4 is 23.7 Å². The number of para-hydroxylation sites is 1. The van der Waals surface area contributed by atoms with Crippen molar-refractivity contribution in [1.29, 1.82) is 0 Å². The minimum absolute atomic E-state index is 0.0295. The molecule has 8 nitrogen and oxygen atoms in total. The van der Waals surface area contributed by atoms with Crippen LogP contribution in [0.5, 0.6) is 5.75 Å². The van der Waals surface area contributed by atoms with Crippen LogP contribution in [0.2, 0.25) is 0 Å². The second-order valence-corrected chi connectivity index (χ2v) is 8.22. The number of urea groups is 1. The first-order valence-electron chi connectivity index (χ1n) is 10.3. The first kappa shape index (κ1) is 23.3. The molecule has 0 radical (unpaired) electrons. The molecule has 1 aromatic heterocycles. The normalized spacial score (nSPS) is 10.8. The first-order valence-corrected chi connectivity index (χ1v) is 11.3. The Kier molecular flexibility index (Phi) is 7.88. The SMILES string of the molecule is CCNC(=O)NC(=O)CSc1nnc(-c2ccc(OC)cc2)n1-c1ccccc1C(C)C. The van der Waals surface area contributed by atoms with Gasteiger partial charge in [-0.15, -0.1) is 10.2 Å². The smallest absolute Gasteiger partial charge is 0.321 e. The number of methoxy groups -OCH3 is 1. The van der Waals surface area contributed by atoms with Crippen LogP contribution < -0.4 is 15.4 Å². The second-order valence-electron chi connectivity index (χ2n) is 7.28. The molecule has 0 aliphatic heterocycles. The van der Waals surface area contributed by atoms with Crippen molar-refractivity contribution in [2.24, 2.45) is 0 Å². The van der Waals surface area contributed by atoms with Crippen molar-refractivity contribution in [2.45, 2.75) is 31.8 Å². The van der Waals surface area contributed by atoms with Gasteiger partial charge in [-0.25, -0.2) is 4.79 Å². The Morgan fingerprint density at radius 2 is 1.81 bits per heavy atom. The van der Waals surface area contributed by atoms with Gasteiger partial charge in [0.2, 0.25) is 5.91 Å². The highest BCUT2D eigenvalue weighted by atomic mass is 32.2. The van der Waals surface area contributed by atoms with E-state index in [1.807, 2.05) is 47.0 Å². The van der Waals surface area contributed by atoms with E-state index in [2.05, 4.69) is 40.7 Å². The number of thioether (sulfide) groups is 1. The Bertz CT molecular complexity index is 1080. The van der Waals surface area contributed by atoms with E-state index in [9.17, 15) is 9.59 Å². The van der Waals surface area contributed by atoms with Crippen molar-refractivity contribution in [3.05, 3.63) is 54.1 Å². The maximum atomic E-state index is 12.2. The highest BCUT2D eigenvalue weighted by molar-refractivity contribution is 7.99. The van der Waals surface area contributed by atoms with Gasteiger partial charge in [-0.2, -0.15) is 0 Å². The van der Waals surface area contributed by atoms with Crippen LogP contribution in [-0.4, -0.2) is 46.1 Å². The van der Waals surface area contributed by atoms with Crippen molar-refractivity contribution in [3.8, 4) is 22.8 Å². The first-order chi connectivity index (χ1) is 15.4. The van der Waals surface area contributed by atoms with E-state index in [1.54, 1.807) is 14.0 Å². The third kappa shape index (κ3) is 5.47. The Labute approximate surface area is 191 Å². The van der Waals surface area contributed by atoms with E-state index in [-0.39, 0.29) is 11.7 Å². The number of amides is 3. The van der Waals surface area contributed by atoms with E-state index < -0.39 is 11.9 Å². The number of nitrogens with one attached hydrogen (secondary N) is 2. The van der Waals surface area contributed by atoms with Crippen molar-refractivity contribution in [2.75, 3.05) is 19.4 Å². The molecule has 2 aromatic carbocycles. The summed E-state index contributed by atoms with van der Waals surface area (Å²) < 4.78 is 7.23. The lowest BCUT2D eigenvalue weighted by Gasteiger charge is -2.17. The molecule has 3 aromatic rings. The van der Waals surface area contributed by atoms with Gasteiger partial charge in [0.25, 0.3) is 0 Å². The molecular formula is C23H27N5O3S. The van der Waals surface area contributed by atoms with Gasteiger partial charge in [0.1, 0.15) is 5.75 Å². The molecule has 0 fully saturated rings. The van der Waals surface area contributed by atoms with Crippen molar-refractivity contribution in [1.82, 2.24) is 25.4 Å². The number of benzene rings is 2. The van der Waals surface area contributed by atoms with Crippen LogP contribution in [0.1, 0.15) is 32.3 Å². The maximum absolute atomic E-state index is 12.2. The summed E-state index contributed by atoms with van der Waals surface area (Å²) >= 11 is 1.23. The zero-order valence-electron chi connectivity index (χ0n) is 18.6. The molecule has 3 rings (SSSR count). The lowest BCUT2D eigenvalue weighted by molar-refractivity contribution is -0.117. The largest absolute Gasteiger partial charge is 0.497 e. The minimum Gasteiger partial charge on any atom is -0.497 e. The molecule has 0 bridgehead atoms. The maximum Gasteiger partial charge on any atom is 0.321 e. The fourth-order valence-corrected chi connectivity index (χ4v) is 3.93. The number of imide groups is 1. The molecule has 0 unspecified atom stereocenters. The van der Waals surface area contributed by atoms with E-state index in [4.69, 9.17) is 4.74 Å². The highest BCUT2D eigenvalue weighted by Gasteiger charge is 2.20. The fraction of sp³-hybridized carbons (Fsp3) is 0.304. The van der Waals surface area contributed by atoms with Gasteiger partial charge in [-0.1, -0.05) is 43.8 Å². The summed E-state index contributed by atoms with van der Waals surface area (Å²) in [5.41, 5.74) is 2.95.